The van der Waals surface area contributed by atoms with Crippen LogP contribution in [-0.4, -0.2) is 19.1 Å². The Morgan fingerprint density at radius 3 is 1.96 bits per heavy atom. The summed E-state index contributed by atoms with van der Waals surface area (Å²) in [5.41, 5.74) is 1.32. The van der Waals surface area contributed by atoms with Crippen LogP contribution in [0.2, 0.25) is 5.02 Å². The summed E-state index contributed by atoms with van der Waals surface area (Å²) in [4.78, 5) is 12.1. The SMILES string of the molecule is O=[N+]([O-])c1cc(S(=O)(=O)NN=C(c2ccccc2)c2ccccc2)ccc1Cl. The number of nitro benzene ring substituents is 1. The largest absolute Gasteiger partial charge is 0.289 e. The zero-order chi connectivity index (χ0) is 20.1. The molecule has 9 heteroatoms. The van der Waals surface area contributed by atoms with Crippen molar-refractivity contribution in [2.75, 3.05) is 0 Å². The summed E-state index contributed by atoms with van der Waals surface area (Å²) >= 11 is 5.74. The molecule has 0 fully saturated rings. The fourth-order valence-corrected chi connectivity index (χ4v) is 3.46. The Morgan fingerprint density at radius 2 is 1.46 bits per heavy atom. The van der Waals surface area contributed by atoms with Gasteiger partial charge in [0.15, 0.2) is 0 Å². The molecule has 0 aromatic heterocycles. The summed E-state index contributed by atoms with van der Waals surface area (Å²) < 4.78 is 25.2. The van der Waals surface area contributed by atoms with Crippen molar-refractivity contribution in [2.24, 2.45) is 5.10 Å². The van der Waals surface area contributed by atoms with Crippen LogP contribution in [0.4, 0.5) is 5.69 Å². The molecular weight excluding hydrogens is 402 g/mol. The van der Waals surface area contributed by atoms with Crippen LogP contribution in [0.3, 0.4) is 0 Å². The Morgan fingerprint density at radius 1 is 0.929 bits per heavy atom. The highest BCUT2D eigenvalue weighted by molar-refractivity contribution is 7.89. The maximum absolute atomic E-state index is 12.6. The fourth-order valence-electron chi connectivity index (χ4n) is 2.45. The Kier molecular flexibility index (Phi) is 5.72. The molecule has 0 atom stereocenters. The van der Waals surface area contributed by atoms with E-state index in [1.807, 2.05) is 36.4 Å². The molecule has 0 bridgehead atoms. The van der Waals surface area contributed by atoms with Gasteiger partial charge in [0.25, 0.3) is 15.7 Å². The first kappa shape index (κ1) is 19.5. The molecular formula is C19H14ClN3O4S. The second-order valence-electron chi connectivity index (χ2n) is 5.66. The maximum atomic E-state index is 12.6. The standard InChI is InChI=1S/C19H14ClN3O4S/c20-17-12-11-16(13-18(17)23(24)25)28(26,27)22-21-19(14-7-3-1-4-8-14)15-9-5-2-6-10-15/h1-13,22H. The summed E-state index contributed by atoms with van der Waals surface area (Å²) in [5.74, 6) is 0. The van der Waals surface area contributed by atoms with Gasteiger partial charge in [-0.25, -0.2) is 0 Å². The van der Waals surface area contributed by atoms with Crippen LogP contribution in [0.1, 0.15) is 11.1 Å². The van der Waals surface area contributed by atoms with E-state index in [4.69, 9.17) is 11.6 Å². The van der Waals surface area contributed by atoms with E-state index in [0.717, 1.165) is 12.1 Å². The summed E-state index contributed by atoms with van der Waals surface area (Å²) in [7, 11) is -4.14. The number of nitro groups is 1. The number of halogens is 1. The molecule has 3 aromatic carbocycles. The maximum Gasteiger partial charge on any atom is 0.289 e. The third-order valence-corrected chi connectivity index (χ3v) is 5.32. The van der Waals surface area contributed by atoms with E-state index >= 15 is 0 Å². The van der Waals surface area contributed by atoms with E-state index in [0.29, 0.717) is 16.8 Å². The number of hydrogen-bond donors (Lipinski definition) is 1. The molecule has 0 spiro atoms. The van der Waals surface area contributed by atoms with Gasteiger partial charge in [-0.1, -0.05) is 72.3 Å². The summed E-state index contributed by atoms with van der Waals surface area (Å²) in [6.45, 7) is 0. The van der Waals surface area contributed by atoms with Crippen molar-refractivity contribution in [1.29, 1.82) is 0 Å². The highest BCUT2D eigenvalue weighted by atomic mass is 35.5. The van der Waals surface area contributed by atoms with Crippen LogP contribution in [0, 0.1) is 10.1 Å². The summed E-state index contributed by atoms with van der Waals surface area (Å²) in [6, 6.07) is 21.3. The molecule has 1 N–H and O–H groups in total. The molecule has 0 aliphatic carbocycles. The number of rotatable bonds is 6. The first-order valence-electron chi connectivity index (χ1n) is 8.03. The molecule has 0 aliphatic heterocycles. The third kappa shape index (κ3) is 4.36. The number of hydrogen-bond acceptors (Lipinski definition) is 5. The van der Waals surface area contributed by atoms with Gasteiger partial charge in [0.05, 0.1) is 15.5 Å². The second-order valence-corrected chi connectivity index (χ2v) is 7.73. The number of nitrogens with one attached hydrogen (secondary N) is 1. The van der Waals surface area contributed by atoms with E-state index in [1.54, 1.807) is 24.3 Å². The Balaban J connectivity index is 2.01. The minimum Gasteiger partial charge on any atom is -0.258 e. The molecule has 28 heavy (non-hydrogen) atoms. The quantitative estimate of drug-likeness (QED) is 0.373. The normalized spacial score (nSPS) is 10.9. The minimum atomic E-state index is -4.14. The lowest BCUT2D eigenvalue weighted by Crippen LogP contribution is -2.21. The molecule has 0 aliphatic rings. The smallest absolute Gasteiger partial charge is 0.258 e. The first-order chi connectivity index (χ1) is 13.4. The monoisotopic (exact) mass is 415 g/mol. The van der Waals surface area contributed by atoms with Gasteiger partial charge in [-0.05, 0) is 12.1 Å². The van der Waals surface area contributed by atoms with Crippen molar-refractivity contribution in [3.05, 3.63) is 105 Å². The molecule has 0 unspecified atom stereocenters. The first-order valence-corrected chi connectivity index (χ1v) is 9.89. The van der Waals surface area contributed by atoms with Gasteiger partial charge in [0.2, 0.25) is 0 Å². The van der Waals surface area contributed by atoms with E-state index in [2.05, 4.69) is 9.93 Å². The zero-order valence-electron chi connectivity index (χ0n) is 14.3. The lowest BCUT2D eigenvalue weighted by molar-refractivity contribution is -0.384. The van der Waals surface area contributed by atoms with Crippen LogP contribution >= 0.6 is 11.6 Å². The van der Waals surface area contributed by atoms with Gasteiger partial charge in [-0.15, -0.1) is 0 Å². The molecule has 0 saturated carbocycles. The van der Waals surface area contributed by atoms with Crippen molar-refractivity contribution in [3.8, 4) is 0 Å². The molecule has 3 rings (SSSR count). The van der Waals surface area contributed by atoms with Crippen LogP contribution in [0.15, 0.2) is 88.9 Å². The highest BCUT2D eigenvalue weighted by Crippen LogP contribution is 2.27. The second kappa shape index (κ2) is 8.20. The number of sulfonamides is 1. The molecule has 7 nitrogen and oxygen atoms in total. The van der Waals surface area contributed by atoms with Gasteiger partial charge in [0, 0.05) is 17.2 Å². The minimum absolute atomic E-state index is 0.151. The predicted octanol–water partition coefficient (Wildman–Crippen LogP) is 3.98. The average molecular weight is 416 g/mol. The van der Waals surface area contributed by atoms with E-state index in [9.17, 15) is 18.5 Å². The van der Waals surface area contributed by atoms with E-state index in [1.165, 1.54) is 6.07 Å². The molecule has 0 heterocycles. The van der Waals surface area contributed by atoms with Crippen LogP contribution in [0.5, 0.6) is 0 Å². The lowest BCUT2D eigenvalue weighted by atomic mass is 10.0. The van der Waals surface area contributed by atoms with Crippen molar-refractivity contribution in [2.45, 2.75) is 4.90 Å². The van der Waals surface area contributed by atoms with Gasteiger partial charge >= 0.3 is 0 Å². The van der Waals surface area contributed by atoms with Crippen LogP contribution in [-0.2, 0) is 10.0 Å². The average Bonchev–Trinajstić information content (AvgIpc) is 2.69. The van der Waals surface area contributed by atoms with Crippen molar-refractivity contribution in [1.82, 2.24) is 4.83 Å². The van der Waals surface area contributed by atoms with Gasteiger partial charge in [-0.2, -0.15) is 18.4 Å². The fraction of sp³-hybridized carbons (Fsp3) is 0. The van der Waals surface area contributed by atoms with Crippen molar-refractivity contribution >= 4 is 33.0 Å². The van der Waals surface area contributed by atoms with Gasteiger partial charge in [0.1, 0.15) is 5.02 Å². The Bertz CT molecular complexity index is 1090. The summed E-state index contributed by atoms with van der Waals surface area (Å²) in [6.07, 6.45) is 0. The molecule has 0 saturated heterocycles. The van der Waals surface area contributed by atoms with Gasteiger partial charge in [-0.3, -0.25) is 10.1 Å². The summed E-state index contributed by atoms with van der Waals surface area (Å²) in [5, 5.41) is 14.9. The van der Waals surface area contributed by atoms with Crippen molar-refractivity contribution in [3.63, 3.8) is 0 Å². The molecule has 142 valence electrons. The topological polar surface area (TPSA) is 102 Å². The lowest BCUT2D eigenvalue weighted by Gasteiger charge is -2.09. The zero-order valence-corrected chi connectivity index (χ0v) is 15.9. The van der Waals surface area contributed by atoms with E-state index < -0.39 is 20.6 Å². The molecule has 3 aromatic rings. The molecule has 0 radical (unpaired) electrons. The number of nitrogens with zero attached hydrogens (tertiary/aromatic N) is 2. The van der Waals surface area contributed by atoms with Crippen LogP contribution in [0.25, 0.3) is 0 Å². The Labute approximate surface area is 166 Å². The van der Waals surface area contributed by atoms with Crippen LogP contribution < -0.4 is 4.83 Å². The predicted molar refractivity (Wildman–Crippen MR) is 107 cm³/mol. The Hall–Kier alpha value is -3.23. The van der Waals surface area contributed by atoms with Gasteiger partial charge < -0.3 is 0 Å². The van der Waals surface area contributed by atoms with Crippen molar-refractivity contribution < 1.29 is 13.3 Å². The number of hydrazone groups is 1. The third-order valence-electron chi connectivity index (χ3n) is 3.80. The highest BCUT2D eigenvalue weighted by Gasteiger charge is 2.21. The van der Waals surface area contributed by atoms with E-state index in [-0.39, 0.29) is 9.92 Å². The number of benzene rings is 3. The molecule has 0 amide bonds.